The zero-order chi connectivity index (χ0) is 18.1. The molecule has 0 saturated carbocycles. The molecule has 4 rings (SSSR count). The Balaban J connectivity index is 1.70. The predicted molar refractivity (Wildman–Crippen MR) is 97.9 cm³/mol. The monoisotopic (exact) mass is 366 g/mol. The molecule has 0 spiro atoms. The van der Waals surface area contributed by atoms with Crippen LogP contribution in [0.1, 0.15) is 4.88 Å². The zero-order valence-electron chi connectivity index (χ0n) is 14.0. The van der Waals surface area contributed by atoms with Gasteiger partial charge >= 0.3 is 0 Å². The van der Waals surface area contributed by atoms with Crippen LogP contribution in [0.5, 0.6) is 0 Å². The first-order chi connectivity index (χ1) is 12.6. The number of aromatic nitrogens is 6. The van der Waals surface area contributed by atoms with Crippen LogP contribution in [-0.4, -0.2) is 37.1 Å². The molecule has 0 atom stereocenters. The molecule has 4 aromatic rings. The highest BCUT2D eigenvalue weighted by Gasteiger charge is 2.18. The Morgan fingerprint density at radius 2 is 1.85 bits per heavy atom. The third-order valence-electron chi connectivity index (χ3n) is 3.51. The quantitative estimate of drug-likeness (QED) is 0.581. The summed E-state index contributed by atoms with van der Waals surface area (Å²) in [5.74, 6) is 1.23. The van der Waals surface area contributed by atoms with Crippen LogP contribution >= 0.6 is 11.3 Å². The van der Waals surface area contributed by atoms with E-state index in [-0.39, 0.29) is 17.6 Å². The van der Waals surface area contributed by atoms with Crippen LogP contribution in [0, 0.1) is 6.92 Å². The number of nitrogens with zero attached hydrogens (tertiary/aromatic N) is 7. The van der Waals surface area contributed by atoms with Crippen molar-refractivity contribution >= 4 is 28.9 Å². The Morgan fingerprint density at radius 3 is 2.58 bits per heavy atom. The lowest BCUT2D eigenvalue weighted by atomic mass is 10.3. The highest BCUT2D eigenvalue weighted by atomic mass is 32.1. The van der Waals surface area contributed by atoms with Crippen molar-refractivity contribution in [2.75, 3.05) is 17.7 Å². The largest absolute Gasteiger partial charge is 0.368 e. The van der Waals surface area contributed by atoms with Gasteiger partial charge in [-0.2, -0.15) is 19.9 Å². The maximum absolute atomic E-state index is 5.85. The van der Waals surface area contributed by atoms with Gasteiger partial charge in [-0.25, -0.2) is 4.98 Å². The van der Waals surface area contributed by atoms with Gasteiger partial charge in [0.1, 0.15) is 0 Å². The van der Waals surface area contributed by atoms with E-state index >= 15 is 0 Å². The maximum atomic E-state index is 5.85. The zero-order valence-corrected chi connectivity index (χ0v) is 14.8. The fourth-order valence-corrected chi connectivity index (χ4v) is 2.94. The number of benzene rings is 1. The van der Waals surface area contributed by atoms with Gasteiger partial charge in [0.05, 0.1) is 0 Å². The molecule has 130 valence electrons. The molecule has 0 radical (unpaired) electrons. The molecule has 0 unspecified atom stereocenters. The Hall–Kier alpha value is -3.40. The summed E-state index contributed by atoms with van der Waals surface area (Å²) in [6.45, 7) is 1.96. The average molecular weight is 366 g/mol. The summed E-state index contributed by atoms with van der Waals surface area (Å²) in [6.07, 6.45) is 1.75. The van der Waals surface area contributed by atoms with Gasteiger partial charge in [0.2, 0.25) is 23.5 Å². The van der Waals surface area contributed by atoms with Crippen molar-refractivity contribution in [2.24, 2.45) is 0 Å². The first kappa shape index (κ1) is 16.1. The van der Waals surface area contributed by atoms with E-state index in [2.05, 4.69) is 30.1 Å². The molecule has 9 nitrogen and oxygen atoms in total. The molecular formula is C16H14N8OS. The molecule has 2 N–H and O–H groups in total. The highest BCUT2D eigenvalue weighted by molar-refractivity contribution is 7.14. The molecule has 0 aliphatic heterocycles. The van der Waals surface area contributed by atoms with Crippen LogP contribution in [0.4, 0.5) is 17.6 Å². The van der Waals surface area contributed by atoms with Gasteiger partial charge in [0, 0.05) is 23.8 Å². The van der Waals surface area contributed by atoms with Gasteiger partial charge in [-0.3, -0.25) is 0 Å². The van der Waals surface area contributed by atoms with E-state index in [4.69, 9.17) is 10.3 Å². The molecule has 0 aliphatic carbocycles. The lowest BCUT2D eigenvalue weighted by Crippen LogP contribution is -2.15. The van der Waals surface area contributed by atoms with Gasteiger partial charge in [0.15, 0.2) is 5.01 Å². The van der Waals surface area contributed by atoms with Crippen LogP contribution < -0.4 is 10.6 Å². The minimum Gasteiger partial charge on any atom is -0.368 e. The van der Waals surface area contributed by atoms with E-state index in [0.29, 0.717) is 16.8 Å². The average Bonchev–Trinajstić information content (AvgIpc) is 3.30. The number of hydrogen-bond acceptors (Lipinski definition) is 10. The molecule has 0 fully saturated rings. The van der Waals surface area contributed by atoms with E-state index in [0.717, 1.165) is 10.6 Å². The summed E-state index contributed by atoms with van der Waals surface area (Å²) in [5, 5.41) is 4.58. The first-order valence-electron chi connectivity index (χ1n) is 7.67. The lowest BCUT2D eigenvalue weighted by molar-refractivity contribution is 0.431. The number of hydrogen-bond donors (Lipinski definition) is 1. The topological polar surface area (TPSA) is 120 Å². The molecule has 1 aromatic carbocycles. The van der Waals surface area contributed by atoms with Crippen LogP contribution in [0.15, 0.2) is 41.1 Å². The minimum atomic E-state index is 0.0734. The number of para-hydroxylation sites is 1. The summed E-state index contributed by atoms with van der Waals surface area (Å²) in [6, 6.07) is 9.68. The summed E-state index contributed by atoms with van der Waals surface area (Å²) in [5.41, 5.74) is 6.76. The van der Waals surface area contributed by atoms with E-state index in [1.807, 2.05) is 44.3 Å². The highest BCUT2D eigenvalue weighted by Crippen LogP contribution is 2.26. The molecule has 3 aromatic heterocycles. The van der Waals surface area contributed by atoms with Crippen LogP contribution in [0.3, 0.4) is 0 Å². The molecule has 10 heteroatoms. The second-order valence-electron chi connectivity index (χ2n) is 5.41. The van der Waals surface area contributed by atoms with Gasteiger partial charge in [0.25, 0.3) is 5.89 Å². The molecule has 0 amide bonds. The lowest BCUT2D eigenvalue weighted by Gasteiger charge is -2.17. The van der Waals surface area contributed by atoms with Gasteiger partial charge < -0.3 is 15.2 Å². The fraction of sp³-hybridized carbons (Fsp3) is 0.125. The molecule has 26 heavy (non-hydrogen) atoms. The molecular weight excluding hydrogens is 352 g/mol. The standard InChI is InChI=1S/C16H14N8OS/c1-9-8-18-14(26-9)13-19-12(23-25-13)11-20-15(17)22-16(21-11)24(2)10-6-4-3-5-7-10/h3-8H,1-2H3,(H2,17,20,21,22). The number of nitrogens with two attached hydrogens (primary N) is 1. The van der Waals surface area contributed by atoms with Crippen molar-refractivity contribution in [3.05, 3.63) is 41.4 Å². The molecule has 0 saturated heterocycles. The summed E-state index contributed by atoms with van der Waals surface area (Å²) in [4.78, 5) is 24.1. The smallest absolute Gasteiger partial charge is 0.287 e. The van der Waals surface area contributed by atoms with Crippen LogP contribution in [0.25, 0.3) is 22.5 Å². The molecule has 0 aliphatic rings. The predicted octanol–water partition coefficient (Wildman–Crippen LogP) is 2.70. The minimum absolute atomic E-state index is 0.0734. The Labute approximate surface area is 152 Å². The van der Waals surface area contributed by atoms with E-state index in [1.54, 1.807) is 11.1 Å². The third-order valence-corrected chi connectivity index (χ3v) is 4.42. The van der Waals surface area contributed by atoms with Crippen molar-refractivity contribution < 1.29 is 4.52 Å². The maximum Gasteiger partial charge on any atom is 0.287 e. The van der Waals surface area contributed by atoms with Crippen LogP contribution in [-0.2, 0) is 0 Å². The number of anilines is 3. The van der Waals surface area contributed by atoms with Crippen molar-refractivity contribution in [2.45, 2.75) is 6.92 Å². The van der Waals surface area contributed by atoms with E-state index in [1.165, 1.54) is 11.3 Å². The van der Waals surface area contributed by atoms with Gasteiger partial charge in [-0.1, -0.05) is 23.4 Å². The Kier molecular flexibility index (Phi) is 4.01. The van der Waals surface area contributed by atoms with E-state index in [9.17, 15) is 0 Å². The van der Waals surface area contributed by atoms with Crippen LogP contribution in [0.2, 0.25) is 0 Å². The number of aryl methyl sites for hydroxylation is 1. The van der Waals surface area contributed by atoms with Crippen molar-refractivity contribution in [3.8, 4) is 22.5 Å². The fourth-order valence-electron chi connectivity index (χ4n) is 2.25. The number of rotatable bonds is 4. The molecule has 3 heterocycles. The van der Waals surface area contributed by atoms with Gasteiger partial charge in [-0.15, -0.1) is 11.3 Å². The number of thiazole rings is 1. The second-order valence-corrected chi connectivity index (χ2v) is 6.65. The Bertz CT molecular complexity index is 1050. The van der Waals surface area contributed by atoms with Crippen molar-refractivity contribution in [1.82, 2.24) is 30.1 Å². The SMILES string of the molecule is Cc1cnc(-c2nc(-c3nc(N)nc(N(C)c4ccccc4)n3)no2)s1. The third kappa shape index (κ3) is 3.09. The second kappa shape index (κ2) is 6.48. The Morgan fingerprint density at radius 1 is 1.04 bits per heavy atom. The van der Waals surface area contributed by atoms with Crippen molar-refractivity contribution in [3.63, 3.8) is 0 Å². The summed E-state index contributed by atoms with van der Waals surface area (Å²) >= 11 is 1.46. The normalized spacial score (nSPS) is 10.8. The molecule has 0 bridgehead atoms. The van der Waals surface area contributed by atoms with Crippen molar-refractivity contribution in [1.29, 1.82) is 0 Å². The summed E-state index contributed by atoms with van der Waals surface area (Å²) in [7, 11) is 1.84. The summed E-state index contributed by atoms with van der Waals surface area (Å²) < 4.78 is 5.28. The number of nitrogen functional groups attached to an aromatic ring is 1. The first-order valence-corrected chi connectivity index (χ1v) is 8.49. The van der Waals surface area contributed by atoms with E-state index < -0.39 is 0 Å². The van der Waals surface area contributed by atoms with Gasteiger partial charge in [-0.05, 0) is 19.1 Å².